The third kappa shape index (κ3) is 4.05. The smallest absolute Gasteiger partial charge is 0.224 e. The van der Waals surface area contributed by atoms with E-state index in [1.165, 1.54) is 23.2 Å². The van der Waals surface area contributed by atoms with Crippen LogP contribution in [0.15, 0.2) is 67.0 Å². The van der Waals surface area contributed by atoms with E-state index in [-0.39, 0.29) is 5.91 Å². The largest absolute Gasteiger partial charge is 0.374 e. The Hall–Kier alpha value is -3.01. The van der Waals surface area contributed by atoms with Crippen molar-refractivity contribution in [2.45, 2.75) is 25.8 Å². The van der Waals surface area contributed by atoms with Crippen LogP contribution in [0.1, 0.15) is 23.1 Å². The molecule has 0 saturated carbocycles. The number of aromatic nitrogens is 1. The molecule has 138 valence electrons. The lowest BCUT2D eigenvalue weighted by atomic mass is 9.99. The molecular weight excluding hydrogens is 334 g/mol. The fourth-order valence-electron chi connectivity index (χ4n) is 3.69. The van der Waals surface area contributed by atoms with Gasteiger partial charge in [0.1, 0.15) is 0 Å². The van der Waals surface area contributed by atoms with Crippen LogP contribution in [0.2, 0.25) is 0 Å². The Balaban J connectivity index is 1.33. The molecule has 4 rings (SSSR count). The maximum Gasteiger partial charge on any atom is 0.224 e. The quantitative estimate of drug-likeness (QED) is 0.754. The van der Waals surface area contributed by atoms with Crippen molar-refractivity contribution < 1.29 is 4.79 Å². The lowest BCUT2D eigenvalue weighted by Gasteiger charge is -2.27. The summed E-state index contributed by atoms with van der Waals surface area (Å²) in [6, 6.07) is 18.7. The predicted octanol–water partition coefficient (Wildman–Crippen LogP) is 3.72. The number of nitrogens with zero attached hydrogens (tertiary/aromatic N) is 2. The summed E-state index contributed by atoms with van der Waals surface area (Å²) in [6.45, 7) is 1.70. The first-order valence-electron chi connectivity index (χ1n) is 9.51. The molecule has 2 heterocycles. The maximum atomic E-state index is 12.3. The second-order valence-electron chi connectivity index (χ2n) is 7.20. The molecule has 27 heavy (non-hydrogen) atoms. The highest BCUT2D eigenvalue weighted by atomic mass is 16.1. The van der Waals surface area contributed by atoms with Gasteiger partial charge in [-0.25, -0.2) is 0 Å². The van der Waals surface area contributed by atoms with Crippen molar-refractivity contribution in [3.05, 3.63) is 83.7 Å². The number of nitrogens with one attached hydrogen (secondary N) is 1. The fourth-order valence-corrected chi connectivity index (χ4v) is 3.69. The van der Waals surface area contributed by atoms with Crippen LogP contribution in [-0.2, 0) is 24.2 Å². The number of fused-ring (bicyclic) bond motifs is 1. The van der Waals surface area contributed by atoms with Gasteiger partial charge in [0.05, 0.1) is 6.42 Å². The monoisotopic (exact) mass is 359 g/mol. The summed E-state index contributed by atoms with van der Waals surface area (Å²) in [5.41, 5.74) is 5.99. The number of carbonyl (C=O) groups excluding carboxylic acids is 1. The standard InChI is InChI=1S/C23H25N3O/c1-25-12-4-5-20-15-19(8-11-22(20)25)17-24-23(27)16-18-6-9-21(10-7-18)26-13-2-3-14-26/h2-3,6-11,13-15H,4-5,12,16-17H2,1H3,(H,24,27). The summed E-state index contributed by atoms with van der Waals surface area (Å²) >= 11 is 0. The van der Waals surface area contributed by atoms with Gasteiger partial charge in [-0.1, -0.05) is 24.3 Å². The van der Waals surface area contributed by atoms with Crippen molar-refractivity contribution in [1.29, 1.82) is 0 Å². The van der Waals surface area contributed by atoms with Crippen LogP contribution < -0.4 is 10.2 Å². The number of aryl methyl sites for hydroxylation is 1. The van der Waals surface area contributed by atoms with E-state index in [9.17, 15) is 4.79 Å². The molecule has 2 aromatic carbocycles. The van der Waals surface area contributed by atoms with Crippen molar-refractivity contribution in [2.75, 3.05) is 18.5 Å². The van der Waals surface area contributed by atoms with E-state index < -0.39 is 0 Å². The SMILES string of the molecule is CN1CCCc2cc(CNC(=O)Cc3ccc(-n4cccc4)cc3)ccc21. The van der Waals surface area contributed by atoms with Crippen molar-refractivity contribution >= 4 is 11.6 Å². The molecular formula is C23H25N3O. The number of benzene rings is 2. The van der Waals surface area contributed by atoms with E-state index in [0.29, 0.717) is 13.0 Å². The van der Waals surface area contributed by atoms with Crippen molar-refractivity contribution in [3.63, 3.8) is 0 Å². The fraction of sp³-hybridized carbons (Fsp3) is 0.261. The second-order valence-corrected chi connectivity index (χ2v) is 7.20. The molecule has 3 aromatic rings. The number of hydrogen-bond acceptors (Lipinski definition) is 2. The average Bonchev–Trinajstić information content (AvgIpc) is 3.22. The van der Waals surface area contributed by atoms with E-state index in [0.717, 1.165) is 24.2 Å². The molecule has 0 atom stereocenters. The minimum absolute atomic E-state index is 0.0542. The van der Waals surface area contributed by atoms with Gasteiger partial charge < -0.3 is 14.8 Å². The first-order chi connectivity index (χ1) is 13.2. The summed E-state index contributed by atoms with van der Waals surface area (Å²) in [6.07, 6.45) is 6.74. The zero-order valence-corrected chi connectivity index (χ0v) is 15.7. The van der Waals surface area contributed by atoms with Gasteiger partial charge in [-0.05, 0) is 59.9 Å². The minimum atomic E-state index is 0.0542. The molecule has 0 fully saturated rings. The highest BCUT2D eigenvalue weighted by Crippen LogP contribution is 2.26. The summed E-state index contributed by atoms with van der Waals surface area (Å²) < 4.78 is 2.05. The van der Waals surface area contributed by atoms with Crippen molar-refractivity contribution in [3.8, 4) is 5.69 Å². The van der Waals surface area contributed by atoms with E-state index in [2.05, 4.69) is 40.0 Å². The first kappa shape index (κ1) is 17.4. The molecule has 0 saturated heterocycles. The normalized spacial score (nSPS) is 13.3. The highest BCUT2D eigenvalue weighted by Gasteiger charge is 2.13. The summed E-state index contributed by atoms with van der Waals surface area (Å²) in [5, 5.41) is 3.05. The molecule has 1 N–H and O–H groups in total. The molecule has 1 aliphatic heterocycles. The van der Waals surface area contributed by atoms with E-state index in [1.54, 1.807) is 0 Å². The Morgan fingerprint density at radius 2 is 1.78 bits per heavy atom. The minimum Gasteiger partial charge on any atom is -0.374 e. The third-order valence-corrected chi connectivity index (χ3v) is 5.19. The molecule has 0 radical (unpaired) electrons. The molecule has 0 unspecified atom stereocenters. The molecule has 1 amide bonds. The van der Waals surface area contributed by atoms with E-state index in [1.807, 2.05) is 48.8 Å². The Kier molecular flexibility index (Phi) is 4.97. The van der Waals surface area contributed by atoms with Gasteiger partial charge in [0.25, 0.3) is 0 Å². The Bertz CT molecular complexity index is 913. The number of rotatable bonds is 5. The van der Waals surface area contributed by atoms with Gasteiger partial charge in [0.2, 0.25) is 5.91 Å². The van der Waals surface area contributed by atoms with Gasteiger partial charge in [-0.3, -0.25) is 4.79 Å². The molecule has 0 bridgehead atoms. The topological polar surface area (TPSA) is 37.3 Å². The number of hydrogen-bond donors (Lipinski definition) is 1. The highest BCUT2D eigenvalue weighted by molar-refractivity contribution is 5.78. The Morgan fingerprint density at radius 3 is 2.56 bits per heavy atom. The number of carbonyl (C=O) groups is 1. The summed E-state index contributed by atoms with van der Waals surface area (Å²) in [4.78, 5) is 14.6. The lowest BCUT2D eigenvalue weighted by Crippen LogP contribution is -2.26. The predicted molar refractivity (Wildman–Crippen MR) is 109 cm³/mol. The van der Waals surface area contributed by atoms with Gasteiger partial charge in [0, 0.05) is 43.9 Å². The van der Waals surface area contributed by atoms with Crippen LogP contribution in [0.3, 0.4) is 0 Å². The van der Waals surface area contributed by atoms with Crippen LogP contribution >= 0.6 is 0 Å². The van der Waals surface area contributed by atoms with Crippen LogP contribution in [0.25, 0.3) is 5.69 Å². The van der Waals surface area contributed by atoms with Crippen molar-refractivity contribution in [2.24, 2.45) is 0 Å². The maximum absolute atomic E-state index is 12.3. The van der Waals surface area contributed by atoms with E-state index >= 15 is 0 Å². The second kappa shape index (κ2) is 7.70. The van der Waals surface area contributed by atoms with Gasteiger partial charge in [-0.2, -0.15) is 0 Å². The molecule has 4 nitrogen and oxygen atoms in total. The van der Waals surface area contributed by atoms with E-state index in [4.69, 9.17) is 0 Å². The first-order valence-corrected chi connectivity index (χ1v) is 9.51. The third-order valence-electron chi connectivity index (χ3n) is 5.19. The van der Waals surface area contributed by atoms with Gasteiger partial charge >= 0.3 is 0 Å². The summed E-state index contributed by atoms with van der Waals surface area (Å²) in [7, 11) is 2.14. The zero-order chi connectivity index (χ0) is 18.6. The zero-order valence-electron chi connectivity index (χ0n) is 15.7. The lowest BCUT2D eigenvalue weighted by molar-refractivity contribution is -0.120. The van der Waals surface area contributed by atoms with Crippen LogP contribution in [0.4, 0.5) is 5.69 Å². The van der Waals surface area contributed by atoms with Crippen LogP contribution in [0, 0.1) is 0 Å². The van der Waals surface area contributed by atoms with Gasteiger partial charge in [0.15, 0.2) is 0 Å². The van der Waals surface area contributed by atoms with Gasteiger partial charge in [-0.15, -0.1) is 0 Å². The number of anilines is 1. The van der Waals surface area contributed by atoms with Crippen molar-refractivity contribution in [1.82, 2.24) is 9.88 Å². The average molecular weight is 359 g/mol. The molecule has 1 aliphatic rings. The van der Waals surface area contributed by atoms with Crippen LogP contribution in [-0.4, -0.2) is 24.1 Å². The Morgan fingerprint density at radius 1 is 1.04 bits per heavy atom. The molecule has 0 aliphatic carbocycles. The summed E-state index contributed by atoms with van der Waals surface area (Å²) in [5.74, 6) is 0.0542. The molecule has 4 heteroatoms. The van der Waals surface area contributed by atoms with Crippen LogP contribution in [0.5, 0.6) is 0 Å². The molecule has 1 aromatic heterocycles. The molecule has 0 spiro atoms. The Labute approximate surface area is 160 Å². The number of amides is 1.